The SMILES string of the molecule is COc1cc(C(C)(C)C=O)cc(NC(=O)OC(C)(C)C)c1OC. The summed E-state index contributed by atoms with van der Waals surface area (Å²) in [6.07, 6.45) is 0.227. The molecule has 1 N–H and O–H groups in total. The summed E-state index contributed by atoms with van der Waals surface area (Å²) in [5.41, 5.74) is -0.285. The summed E-state index contributed by atoms with van der Waals surface area (Å²) in [6.45, 7) is 8.87. The zero-order chi connectivity index (χ0) is 17.8. The van der Waals surface area contributed by atoms with E-state index in [-0.39, 0.29) is 0 Å². The summed E-state index contributed by atoms with van der Waals surface area (Å²) in [5, 5.41) is 2.65. The Morgan fingerprint density at radius 3 is 2.13 bits per heavy atom. The fraction of sp³-hybridized carbons (Fsp3) is 0.529. The fourth-order valence-corrected chi connectivity index (χ4v) is 1.91. The number of aldehydes is 1. The maximum absolute atomic E-state index is 12.0. The third kappa shape index (κ3) is 4.87. The van der Waals surface area contributed by atoms with Crippen LogP contribution in [0, 0.1) is 0 Å². The monoisotopic (exact) mass is 323 g/mol. The Balaban J connectivity index is 3.30. The second kappa shape index (κ2) is 6.89. The normalized spacial score (nSPS) is 11.6. The molecule has 0 heterocycles. The van der Waals surface area contributed by atoms with E-state index in [4.69, 9.17) is 14.2 Å². The Morgan fingerprint density at radius 2 is 1.70 bits per heavy atom. The van der Waals surface area contributed by atoms with Crippen LogP contribution in [0.25, 0.3) is 0 Å². The maximum Gasteiger partial charge on any atom is 0.412 e. The molecule has 1 aromatic carbocycles. The van der Waals surface area contributed by atoms with Crippen LogP contribution in [0.15, 0.2) is 12.1 Å². The van der Waals surface area contributed by atoms with Crippen molar-refractivity contribution in [2.45, 2.75) is 45.6 Å². The molecule has 0 bridgehead atoms. The van der Waals surface area contributed by atoms with Gasteiger partial charge in [-0.3, -0.25) is 5.32 Å². The standard InChI is InChI=1S/C17H25NO5/c1-16(2,3)23-15(20)18-12-8-11(17(4,5)10-19)9-13(21-6)14(12)22-7/h8-10H,1-7H3,(H,18,20). The summed E-state index contributed by atoms with van der Waals surface area (Å²) < 4.78 is 15.9. The molecule has 1 aromatic rings. The molecule has 0 unspecified atom stereocenters. The van der Waals surface area contributed by atoms with Crippen molar-refractivity contribution in [3.8, 4) is 11.5 Å². The predicted octanol–water partition coefficient (Wildman–Crippen LogP) is 3.53. The molecule has 6 nitrogen and oxygen atoms in total. The van der Waals surface area contributed by atoms with Crippen molar-refractivity contribution in [3.63, 3.8) is 0 Å². The van der Waals surface area contributed by atoms with Crippen LogP contribution in [0.4, 0.5) is 10.5 Å². The zero-order valence-corrected chi connectivity index (χ0v) is 14.8. The summed E-state index contributed by atoms with van der Waals surface area (Å²) in [7, 11) is 2.97. The molecule has 0 fully saturated rings. The van der Waals surface area contributed by atoms with Crippen LogP contribution in [-0.4, -0.2) is 32.2 Å². The van der Waals surface area contributed by atoms with Gasteiger partial charge in [0.15, 0.2) is 11.5 Å². The highest BCUT2D eigenvalue weighted by molar-refractivity contribution is 5.88. The van der Waals surface area contributed by atoms with Gasteiger partial charge in [0.1, 0.15) is 11.9 Å². The number of benzene rings is 1. The summed E-state index contributed by atoms with van der Waals surface area (Å²) in [4.78, 5) is 23.3. The molecule has 0 saturated heterocycles. The summed E-state index contributed by atoms with van der Waals surface area (Å²) in [5.74, 6) is 0.787. The lowest BCUT2D eigenvalue weighted by molar-refractivity contribution is -0.111. The minimum Gasteiger partial charge on any atom is -0.493 e. The number of amides is 1. The molecule has 128 valence electrons. The Kier molecular flexibility index (Phi) is 5.64. The van der Waals surface area contributed by atoms with Crippen molar-refractivity contribution in [1.29, 1.82) is 0 Å². The number of nitrogens with one attached hydrogen (secondary N) is 1. The van der Waals surface area contributed by atoms with Gasteiger partial charge >= 0.3 is 6.09 Å². The van der Waals surface area contributed by atoms with Gasteiger partial charge in [0, 0.05) is 5.41 Å². The van der Waals surface area contributed by atoms with Gasteiger partial charge in [0.25, 0.3) is 0 Å². The van der Waals surface area contributed by atoms with Crippen molar-refractivity contribution in [2.24, 2.45) is 0 Å². The molecule has 0 aromatic heterocycles. The van der Waals surface area contributed by atoms with Crippen LogP contribution < -0.4 is 14.8 Å². The van der Waals surface area contributed by atoms with Crippen molar-refractivity contribution >= 4 is 18.1 Å². The average molecular weight is 323 g/mol. The molecule has 0 aliphatic rings. The first kappa shape index (κ1) is 18.8. The molecular weight excluding hydrogens is 298 g/mol. The molecule has 1 rings (SSSR count). The second-order valence-corrected chi connectivity index (χ2v) is 6.73. The first-order valence-electron chi connectivity index (χ1n) is 7.27. The predicted molar refractivity (Wildman–Crippen MR) is 88.5 cm³/mol. The van der Waals surface area contributed by atoms with Crippen LogP contribution >= 0.6 is 0 Å². The van der Waals surface area contributed by atoms with E-state index >= 15 is 0 Å². The Morgan fingerprint density at radius 1 is 1.09 bits per heavy atom. The largest absolute Gasteiger partial charge is 0.493 e. The van der Waals surface area contributed by atoms with E-state index in [0.717, 1.165) is 6.29 Å². The van der Waals surface area contributed by atoms with Gasteiger partial charge in [-0.2, -0.15) is 0 Å². The van der Waals surface area contributed by atoms with Crippen LogP contribution in [0.3, 0.4) is 0 Å². The second-order valence-electron chi connectivity index (χ2n) is 6.73. The smallest absolute Gasteiger partial charge is 0.412 e. The van der Waals surface area contributed by atoms with Crippen LogP contribution in [0.5, 0.6) is 11.5 Å². The van der Waals surface area contributed by atoms with Gasteiger partial charge in [-0.25, -0.2) is 4.79 Å². The Hall–Kier alpha value is -2.24. The van der Waals surface area contributed by atoms with Crippen LogP contribution in [0.1, 0.15) is 40.2 Å². The Labute approximate surface area is 137 Å². The molecule has 0 spiro atoms. The molecular formula is C17H25NO5. The summed E-state index contributed by atoms with van der Waals surface area (Å²) in [6, 6.07) is 3.40. The highest BCUT2D eigenvalue weighted by Crippen LogP contribution is 2.39. The van der Waals surface area contributed by atoms with Gasteiger partial charge in [-0.15, -0.1) is 0 Å². The van der Waals surface area contributed by atoms with Crippen molar-refractivity contribution in [1.82, 2.24) is 0 Å². The van der Waals surface area contributed by atoms with E-state index in [1.807, 2.05) is 0 Å². The number of anilines is 1. The third-order valence-corrected chi connectivity index (χ3v) is 3.15. The Bertz CT molecular complexity index is 587. The zero-order valence-electron chi connectivity index (χ0n) is 14.8. The van der Waals surface area contributed by atoms with E-state index in [0.29, 0.717) is 22.7 Å². The molecule has 0 aliphatic carbocycles. The molecule has 23 heavy (non-hydrogen) atoms. The topological polar surface area (TPSA) is 73.9 Å². The maximum atomic E-state index is 12.0. The molecule has 0 atom stereocenters. The first-order valence-corrected chi connectivity index (χ1v) is 7.27. The number of hydrogen-bond acceptors (Lipinski definition) is 5. The fourth-order valence-electron chi connectivity index (χ4n) is 1.91. The van der Waals surface area contributed by atoms with Crippen molar-refractivity contribution in [3.05, 3.63) is 17.7 Å². The number of rotatable bonds is 5. The van der Waals surface area contributed by atoms with E-state index in [1.165, 1.54) is 14.2 Å². The van der Waals surface area contributed by atoms with E-state index < -0.39 is 17.1 Å². The molecule has 1 amide bonds. The number of hydrogen-bond donors (Lipinski definition) is 1. The quantitative estimate of drug-likeness (QED) is 0.839. The average Bonchev–Trinajstić information content (AvgIpc) is 2.44. The van der Waals surface area contributed by atoms with Crippen LogP contribution in [0.2, 0.25) is 0 Å². The van der Waals surface area contributed by atoms with Gasteiger partial charge in [-0.05, 0) is 52.3 Å². The minimum atomic E-state index is -0.732. The van der Waals surface area contributed by atoms with E-state index in [1.54, 1.807) is 46.8 Å². The van der Waals surface area contributed by atoms with Gasteiger partial charge < -0.3 is 19.0 Å². The number of carbonyl (C=O) groups is 2. The third-order valence-electron chi connectivity index (χ3n) is 3.15. The highest BCUT2D eigenvalue weighted by Gasteiger charge is 2.25. The number of ether oxygens (including phenoxy) is 3. The van der Waals surface area contributed by atoms with E-state index in [2.05, 4.69) is 5.32 Å². The lowest BCUT2D eigenvalue weighted by Gasteiger charge is -2.23. The van der Waals surface area contributed by atoms with Crippen LogP contribution in [-0.2, 0) is 14.9 Å². The minimum absolute atomic E-state index is 0.365. The lowest BCUT2D eigenvalue weighted by atomic mass is 9.86. The molecule has 0 saturated carbocycles. The van der Waals surface area contributed by atoms with Gasteiger partial charge in [-0.1, -0.05) is 0 Å². The number of methoxy groups -OCH3 is 2. The molecule has 0 aliphatic heterocycles. The van der Waals surface area contributed by atoms with Crippen molar-refractivity contribution < 1.29 is 23.8 Å². The number of carbonyl (C=O) groups excluding carboxylic acids is 2. The summed E-state index contributed by atoms with van der Waals surface area (Å²) >= 11 is 0. The van der Waals surface area contributed by atoms with Gasteiger partial charge in [0.2, 0.25) is 0 Å². The first-order chi connectivity index (χ1) is 10.5. The van der Waals surface area contributed by atoms with Crippen molar-refractivity contribution in [2.75, 3.05) is 19.5 Å². The lowest BCUT2D eigenvalue weighted by Crippen LogP contribution is -2.27. The molecule has 0 radical (unpaired) electrons. The highest BCUT2D eigenvalue weighted by atomic mass is 16.6. The molecule has 6 heteroatoms. The van der Waals surface area contributed by atoms with Gasteiger partial charge in [0.05, 0.1) is 19.9 Å². The van der Waals surface area contributed by atoms with E-state index in [9.17, 15) is 9.59 Å².